The number of hydrogen-bond acceptors (Lipinski definition) is 7. The van der Waals surface area contributed by atoms with E-state index in [1.165, 1.54) is 0 Å². The molecule has 1 saturated heterocycles. The molecule has 1 unspecified atom stereocenters. The maximum Gasteiger partial charge on any atom is 0.241 e. The Morgan fingerprint density at radius 2 is 2.03 bits per heavy atom. The van der Waals surface area contributed by atoms with Gasteiger partial charge in [-0.25, -0.2) is 0 Å². The number of anilines is 1. The van der Waals surface area contributed by atoms with Crippen molar-refractivity contribution < 1.29 is 14.1 Å². The van der Waals surface area contributed by atoms with Crippen molar-refractivity contribution in [2.75, 3.05) is 25.5 Å². The molecule has 1 aliphatic rings. The average molecular weight is 431 g/mol. The topological polar surface area (TPSA) is 104 Å². The van der Waals surface area contributed by atoms with Gasteiger partial charge >= 0.3 is 0 Å². The smallest absolute Gasteiger partial charge is 0.241 e. The largest absolute Gasteiger partial charge is 0.497 e. The number of likely N-dealkylation sites (tertiary alicyclic amines) is 1. The zero-order valence-corrected chi connectivity index (χ0v) is 18.0. The van der Waals surface area contributed by atoms with Gasteiger partial charge in [0.2, 0.25) is 17.6 Å². The Balaban J connectivity index is 1.33. The zero-order chi connectivity index (χ0) is 22.3. The molecule has 32 heavy (non-hydrogen) atoms. The van der Waals surface area contributed by atoms with Gasteiger partial charge in [0.05, 0.1) is 32.1 Å². The standard InChI is InChI=1S/C24H25N5O3/c1-31-21-10-6-18(7-11-21)23-27-22(32-28-23)16-29-14-2-3-19(15-29)24(30)26-20-8-4-17(5-9-20)12-13-25/h4-11,19H,2-3,12,14-16H2,1H3,(H,26,30). The third-order valence-corrected chi connectivity index (χ3v) is 5.56. The third-order valence-electron chi connectivity index (χ3n) is 5.56. The molecule has 8 nitrogen and oxygen atoms in total. The van der Waals surface area contributed by atoms with Crippen molar-refractivity contribution in [3.05, 3.63) is 60.0 Å². The molecular weight excluding hydrogens is 406 g/mol. The van der Waals surface area contributed by atoms with Crippen LogP contribution in [-0.2, 0) is 17.8 Å². The summed E-state index contributed by atoms with van der Waals surface area (Å²) in [4.78, 5) is 19.4. The van der Waals surface area contributed by atoms with Gasteiger partial charge in [-0.2, -0.15) is 10.2 Å². The van der Waals surface area contributed by atoms with Gasteiger partial charge in [0, 0.05) is 17.8 Å². The van der Waals surface area contributed by atoms with Crippen molar-refractivity contribution in [2.24, 2.45) is 5.92 Å². The van der Waals surface area contributed by atoms with Crippen LogP contribution in [0.2, 0.25) is 0 Å². The van der Waals surface area contributed by atoms with Gasteiger partial charge in [0.1, 0.15) is 5.75 Å². The lowest BCUT2D eigenvalue weighted by Gasteiger charge is -2.30. The highest BCUT2D eigenvalue weighted by atomic mass is 16.5. The van der Waals surface area contributed by atoms with E-state index < -0.39 is 0 Å². The van der Waals surface area contributed by atoms with Crippen LogP contribution in [-0.4, -0.2) is 41.1 Å². The molecule has 3 aromatic rings. The first-order valence-electron chi connectivity index (χ1n) is 10.6. The minimum Gasteiger partial charge on any atom is -0.497 e. The highest BCUT2D eigenvalue weighted by Crippen LogP contribution is 2.23. The fourth-order valence-corrected chi connectivity index (χ4v) is 3.82. The molecule has 1 aliphatic heterocycles. The van der Waals surface area contributed by atoms with Crippen LogP contribution in [0.3, 0.4) is 0 Å². The number of aromatic nitrogens is 2. The number of carbonyl (C=O) groups is 1. The Morgan fingerprint density at radius 3 is 2.75 bits per heavy atom. The van der Waals surface area contributed by atoms with Gasteiger partial charge in [-0.15, -0.1) is 0 Å². The van der Waals surface area contributed by atoms with Gasteiger partial charge in [-0.05, 0) is 61.3 Å². The predicted molar refractivity (Wildman–Crippen MR) is 119 cm³/mol. The van der Waals surface area contributed by atoms with Gasteiger partial charge in [0.15, 0.2) is 0 Å². The molecule has 1 aromatic heterocycles. The number of ether oxygens (including phenoxy) is 1. The summed E-state index contributed by atoms with van der Waals surface area (Å²) in [5.41, 5.74) is 2.54. The number of piperidine rings is 1. The fourth-order valence-electron chi connectivity index (χ4n) is 3.82. The van der Waals surface area contributed by atoms with Gasteiger partial charge in [-0.3, -0.25) is 9.69 Å². The lowest BCUT2D eigenvalue weighted by Crippen LogP contribution is -2.40. The summed E-state index contributed by atoms with van der Waals surface area (Å²) < 4.78 is 10.6. The lowest BCUT2D eigenvalue weighted by atomic mass is 9.97. The van der Waals surface area contributed by atoms with E-state index in [1.54, 1.807) is 7.11 Å². The van der Waals surface area contributed by atoms with E-state index in [4.69, 9.17) is 14.5 Å². The SMILES string of the molecule is COc1ccc(-c2noc(CN3CCCC(C(=O)Nc4ccc(CC#N)cc4)C3)n2)cc1. The molecule has 0 radical (unpaired) electrons. The minimum atomic E-state index is -0.105. The van der Waals surface area contributed by atoms with E-state index in [0.29, 0.717) is 31.2 Å². The second-order valence-corrected chi connectivity index (χ2v) is 7.84. The number of hydrogen-bond donors (Lipinski definition) is 1. The molecule has 2 aromatic carbocycles. The maximum absolute atomic E-state index is 12.8. The van der Waals surface area contributed by atoms with Crippen LogP contribution in [0.4, 0.5) is 5.69 Å². The first-order valence-corrected chi connectivity index (χ1v) is 10.6. The van der Waals surface area contributed by atoms with Gasteiger partial charge in [-0.1, -0.05) is 17.3 Å². The molecule has 8 heteroatoms. The first kappa shape index (κ1) is 21.5. The zero-order valence-electron chi connectivity index (χ0n) is 18.0. The number of carbonyl (C=O) groups excluding carboxylic acids is 1. The number of benzene rings is 2. The molecule has 164 valence electrons. The van der Waals surface area contributed by atoms with E-state index in [9.17, 15) is 4.79 Å². The molecule has 1 amide bonds. The van der Waals surface area contributed by atoms with Crippen LogP contribution < -0.4 is 10.1 Å². The Hall–Kier alpha value is -3.70. The highest BCUT2D eigenvalue weighted by molar-refractivity contribution is 5.92. The summed E-state index contributed by atoms with van der Waals surface area (Å²) in [6, 6.07) is 17.0. The Labute approximate surface area is 186 Å². The van der Waals surface area contributed by atoms with Gasteiger partial charge < -0.3 is 14.6 Å². The fraction of sp³-hybridized carbons (Fsp3) is 0.333. The van der Waals surface area contributed by atoms with E-state index in [-0.39, 0.29) is 11.8 Å². The number of methoxy groups -OCH3 is 1. The van der Waals surface area contributed by atoms with E-state index in [2.05, 4.69) is 26.4 Å². The molecule has 1 atom stereocenters. The first-order chi connectivity index (χ1) is 15.6. The summed E-state index contributed by atoms with van der Waals surface area (Å²) in [6.07, 6.45) is 2.14. The van der Waals surface area contributed by atoms with Crippen LogP contribution in [0.5, 0.6) is 5.75 Å². The maximum atomic E-state index is 12.8. The third kappa shape index (κ3) is 5.31. The van der Waals surface area contributed by atoms with E-state index in [0.717, 1.165) is 42.0 Å². The van der Waals surface area contributed by atoms with Crippen LogP contribution in [0.1, 0.15) is 24.3 Å². The van der Waals surface area contributed by atoms with Crippen LogP contribution in [0.15, 0.2) is 53.1 Å². The quantitative estimate of drug-likeness (QED) is 0.609. The van der Waals surface area contributed by atoms with Crippen molar-refractivity contribution in [3.63, 3.8) is 0 Å². The second kappa shape index (κ2) is 10.1. The van der Waals surface area contributed by atoms with Crippen molar-refractivity contribution in [3.8, 4) is 23.2 Å². The Bertz CT molecular complexity index is 1090. The van der Waals surface area contributed by atoms with Crippen molar-refractivity contribution in [2.45, 2.75) is 25.8 Å². The van der Waals surface area contributed by atoms with Crippen molar-refractivity contribution in [1.82, 2.24) is 15.0 Å². The van der Waals surface area contributed by atoms with Crippen LogP contribution >= 0.6 is 0 Å². The number of nitriles is 1. The van der Waals surface area contributed by atoms with E-state index >= 15 is 0 Å². The number of nitrogens with one attached hydrogen (secondary N) is 1. The average Bonchev–Trinajstić information content (AvgIpc) is 3.29. The van der Waals surface area contributed by atoms with Crippen LogP contribution in [0, 0.1) is 17.2 Å². The Kier molecular flexibility index (Phi) is 6.78. The minimum absolute atomic E-state index is 0.00665. The molecule has 0 saturated carbocycles. The molecule has 1 fully saturated rings. The normalized spacial score (nSPS) is 16.3. The molecule has 0 aliphatic carbocycles. The number of nitrogens with zero attached hydrogens (tertiary/aromatic N) is 4. The number of amides is 1. The predicted octanol–water partition coefficient (Wildman–Crippen LogP) is 3.66. The van der Waals surface area contributed by atoms with Crippen LogP contribution in [0.25, 0.3) is 11.4 Å². The molecule has 0 bridgehead atoms. The second-order valence-electron chi connectivity index (χ2n) is 7.84. The Morgan fingerprint density at radius 1 is 1.25 bits per heavy atom. The summed E-state index contributed by atoms with van der Waals surface area (Å²) in [7, 11) is 1.63. The molecule has 4 rings (SSSR count). The summed E-state index contributed by atoms with van der Waals surface area (Å²) >= 11 is 0. The van der Waals surface area contributed by atoms with Gasteiger partial charge in [0.25, 0.3) is 0 Å². The van der Waals surface area contributed by atoms with Crippen molar-refractivity contribution >= 4 is 11.6 Å². The molecule has 0 spiro atoms. The summed E-state index contributed by atoms with van der Waals surface area (Å²) in [6.45, 7) is 2.03. The summed E-state index contributed by atoms with van der Waals surface area (Å²) in [5, 5.41) is 15.8. The highest BCUT2D eigenvalue weighted by Gasteiger charge is 2.27. The van der Waals surface area contributed by atoms with E-state index in [1.807, 2.05) is 48.5 Å². The van der Waals surface area contributed by atoms with Crippen molar-refractivity contribution in [1.29, 1.82) is 5.26 Å². The summed E-state index contributed by atoms with van der Waals surface area (Å²) in [5.74, 6) is 1.74. The number of rotatable bonds is 7. The lowest BCUT2D eigenvalue weighted by molar-refractivity contribution is -0.121. The molecule has 1 N–H and O–H groups in total. The molecule has 2 heterocycles. The molecular formula is C24H25N5O3. The monoisotopic (exact) mass is 431 g/mol.